The maximum absolute atomic E-state index is 11.8. The molecule has 0 heterocycles. The number of amides is 2. The number of hydrogen-bond acceptors (Lipinski definition) is 3. The molecule has 2 amide bonds. The van der Waals surface area contributed by atoms with Crippen molar-refractivity contribution in [2.75, 3.05) is 30.9 Å². The van der Waals surface area contributed by atoms with Crippen molar-refractivity contribution >= 4 is 23.2 Å². The van der Waals surface area contributed by atoms with Crippen LogP contribution < -0.4 is 15.5 Å². The van der Waals surface area contributed by atoms with Gasteiger partial charge in [0.25, 0.3) is 0 Å². The van der Waals surface area contributed by atoms with E-state index in [0.717, 1.165) is 16.8 Å². The van der Waals surface area contributed by atoms with Gasteiger partial charge in [0.2, 0.25) is 11.8 Å². The van der Waals surface area contributed by atoms with Crippen LogP contribution in [0, 0.1) is 0 Å². The highest BCUT2D eigenvalue weighted by atomic mass is 16.2. The van der Waals surface area contributed by atoms with Crippen molar-refractivity contribution < 1.29 is 9.59 Å². The summed E-state index contributed by atoms with van der Waals surface area (Å²) in [6, 6.07) is 15.8. The predicted octanol–water partition coefficient (Wildman–Crippen LogP) is 2.49. The lowest BCUT2D eigenvalue weighted by Crippen LogP contribution is -2.31. The molecule has 0 saturated heterocycles. The first-order valence-corrected chi connectivity index (χ1v) is 7.38. The largest absolute Gasteiger partial charge is 0.378 e. The van der Waals surface area contributed by atoms with Gasteiger partial charge < -0.3 is 15.5 Å². The average Bonchev–Trinajstić information content (AvgIpc) is 2.53. The molecule has 0 aliphatic rings. The number of hydrogen-bond donors (Lipinski definition) is 2. The number of rotatable bonds is 5. The number of carbonyl (C=O) groups is 2. The summed E-state index contributed by atoms with van der Waals surface area (Å²) in [5.74, 6) is -0.477. The number of benzene rings is 2. The van der Waals surface area contributed by atoms with Crippen LogP contribution in [0.1, 0.15) is 6.92 Å². The van der Waals surface area contributed by atoms with Gasteiger partial charge in [-0.05, 0) is 35.4 Å². The van der Waals surface area contributed by atoms with Crippen molar-refractivity contribution in [2.24, 2.45) is 0 Å². The second-order valence-electron chi connectivity index (χ2n) is 5.48. The molecule has 2 N–H and O–H groups in total. The Morgan fingerprint density at radius 3 is 2.30 bits per heavy atom. The quantitative estimate of drug-likeness (QED) is 0.892. The first-order valence-electron chi connectivity index (χ1n) is 7.38. The van der Waals surface area contributed by atoms with Gasteiger partial charge in [0.05, 0.1) is 6.54 Å². The fraction of sp³-hybridized carbons (Fsp3) is 0.222. The highest BCUT2D eigenvalue weighted by molar-refractivity contribution is 5.94. The van der Waals surface area contributed by atoms with Crippen LogP contribution >= 0.6 is 0 Å². The van der Waals surface area contributed by atoms with Gasteiger partial charge in [0.1, 0.15) is 0 Å². The normalized spacial score (nSPS) is 10.0. The van der Waals surface area contributed by atoms with E-state index in [1.165, 1.54) is 6.92 Å². The van der Waals surface area contributed by atoms with Gasteiger partial charge in [0, 0.05) is 32.4 Å². The topological polar surface area (TPSA) is 61.4 Å². The third-order valence-corrected chi connectivity index (χ3v) is 3.36. The second-order valence-corrected chi connectivity index (χ2v) is 5.48. The number of nitrogens with zero attached hydrogens (tertiary/aromatic N) is 1. The smallest absolute Gasteiger partial charge is 0.243 e. The summed E-state index contributed by atoms with van der Waals surface area (Å²) in [6.07, 6.45) is 0. The van der Waals surface area contributed by atoms with Crippen LogP contribution in [0.25, 0.3) is 11.1 Å². The van der Waals surface area contributed by atoms with Crippen molar-refractivity contribution in [3.8, 4) is 11.1 Å². The molecule has 2 aromatic rings. The van der Waals surface area contributed by atoms with E-state index in [2.05, 4.69) is 22.8 Å². The fourth-order valence-electron chi connectivity index (χ4n) is 2.14. The van der Waals surface area contributed by atoms with Gasteiger partial charge in [-0.2, -0.15) is 0 Å². The van der Waals surface area contributed by atoms with Crippen molar-refractivity contribution in [1.82, 2.24) is 5.32 Å². The summed E-state index contributed by atoms with van der Waals surface area (Å²) in [6.45, 7) is 1.35. The first-order chi connectivity index (χ1) is 11.0. The number of anilines is 2. The Bertz CT molecular complexity index is 694. The Morgan fingerprint density at radius 2 is 1.70 bits per heavy atom. The van der Waals surface area contributed by atoms with E-state index >= 15 is 0 Å². The summed E-state index contributed by atoms with van der Waals surface area (Å²) >= 11 is 0. The molecule has 5 nitrogen and oxygen atoms in total. The molecule has 23 heavy (non-hydrogen) atoms. The molecule has 2 rings (SSSR count). The zero-order valence-corrected chi connectivity index (χ0v) is 13.6. The molecule has 0 bridgehead atoms. The van der Waals surface area contributed by atoms with Crippen LogP contribution in [-0.2, 0) is 9.59 Å². The van der Waals surface area contributed by atoms with E-state index in [-0.39, 0.29) is 18.4 Å². The molecule has 2 aromatic carbocycles. The molecule has 0 radical (unpaired) electrons. The maximum atomic E-state index is 11.8. The van der Waals surface area contributed by atoms with Crippen molar-refractivity contribution in [3.63, 3.8) is 0 Å². The van der Waals surface area contributed by atoms with Crippen LogP contribution in [0.5, 0.6) is 0 Å². The molecule has 0 aliphatic carbocycles. The Morgan fingerprint density at radius 1 is 1.00 bits per heavy atom. The van der Waals surface area contributed by atoms with Crippen LogP contribution in [0.3, 0.4) is 0 Å². The fourth-order valence-corrected chi connectivity index (χ4v) is 2.14. The Kier molecular flexibility index (Phi) is 5.36. The molecule has 120 valence electrons. The molecule has 0 spiro atoms. The van der Waals surface area contributed by atoms with Gasteiger partial charge in [0.15, 0.2) is 0 Å². The molecule has 0 atom stereocenters. The maximum Gasteiger partial charge on any atom is 0.243 e. The highest BCUT2D eigenvalue weighted by Gasteiger charge is 2.05. The minimum Gasteiger partial charge on any atom is -0.378 e. The first kappa shape index (κ1) is 16.5. The minimum absolute atomic E-state index is 0.0307. The van der Waals surface area contributed by atoms with E-state index in [1.807, 2.05) is 55.4 Å². The van der Waals surface area contributed by atoms with Crippen LogP contribution in [0.15, 0.2) is 48.5 Å². The van der Waals surface area contributed by atoms with Gasteiger partial charge in [-0.1, -0.05) is 24.3 Å². The zero-order valence-electron chi connectivity index (χ0n) is 13.6. The molecular formula is C18H21N3O2. The van der Waals surface area contributed by atoms with Gasteiger partial charge >= 0.3 is 0 Å². The molecule has 0 saturated carbocycles. The SMILES string of the molecule is CC(=O)NCC(=O)Nc1cccc(-c2ccc(N(C)C)cc2)c1. The molecule has 0 unspecified atom stereocenters. The second kappa shape index (κ2) is 7.45. The molecule has 0 fully saturated rings. The lowest BCUT2D eigenvalue weighted by molar-refractivity contribution is -0.122. The van der Waals surface area contributed by atoms with E-state index in [1.54, 1.807) is 0 Å². The number of carbonyl (C=O) groups excluding carboxylic acids is 2. The predicted molar refractivity (Wildman–Crippen MR) is 93.5 cm³/mol. The monoisotopic (exact) mass is 311 g/mol. The van der Waals surface area contributed by atoms with Crippen molar-refractivity contribution in [1.29, 1.82) is 0 Å². The van der Waals surface area contributed by atoms with Gasteiger partial charge in [-0.15, -0.1) is 0 Å². The molecule has 0 aromatic heterocycles. The van der Waals surface area contributed by atoms with E-state index < -0.39 is 0 Å². The molecule has 0 aliphatic heterocycles. The van der Waals surface area contributed by atoms with E-state index in [4.69, 9.17) is 0 Å². The Balaban J connectivity index is 2.10. The van der Waals surface area contributed by atoms with Gasteiger partial charge in [-0.3, -0.25) is 9.59 Å². The Hall–Kier alpha value is -2.82. The lowest BCUT2D eigenvalue weighted by Gasteiger charge is -2.13. The Labute approximate surface area is 136 Å². The summed E-state index contributed by atoms with van der Waals surface area (Å²) in [7, 11) is 4.00. The van der Waals surface area contributed by atoms with Crippen LogP contribution in [0.4, 0.5) is 11.4 Å². The lowest BCUT2D eigenvalue weighted by atomic mass is 10.0. The summed E-state index contributed by atoms with van der Waals surface area (Å²) in [4.78, 5) is 24.6. The molecular weight excluding hydrogens is 290 g/mol. The summed E-state index contributed by atoms with van der Waals surface area (Å²) in [5, 5.41) is 5.25. The van der Waals surface area contributed by atoms with E-state index in [0.29, 0.717) is 5.69 Å². The zero-order chi connectivity index (χ0) is 16.8. The third kappa shape index (κ3) is 4.85. The highest BCUT2D eigenvalue weighted by Crippen LogP contribution is 2.24. The third-order valence-electron chi connectivity index (χ3n) is 3.36. The standard InChI is InChI=1S/C18H21N3O2/c1-13(22)19-12-18(23)20-16-6-4-5-15(11-16)14-7-9-17(10-8-14)21(2)3/h4-11H,12H2,1-3H3,(H,19,22)(H,20,23). The number of nitrogens with one attached hydrogen (secondary N) is 2. The minimum atomic E-state index is -0.250. The summed E-state index contributed by atoms with van der Waals surface area (Å²) in [5.41, 5.74) is 3.93. The van der Waals surface area contributed by atoms with E-state index in [9.17, 15) is 9.59 Å². The van der Waals surface area contributed by atoms with Gasteiger partial charge in [-0.25, -0.2) is 0 Å². The van der Waals surface area contributed by atoms with Crippen LogP contribution in [-0.4, -0.2) is 32.5 Å². The average molecular weight is 311 g/mol. The van der Waals surface area contributed by atoms with Crippen molar-refractivity contribution in [3.05, 3.63) is 48.5 Å². The summed E-state index contributed by atoms with van der Waals surface area (Å²) < 4.78 is 0. The van der Waals surface area contributed by atoms with Crippen molar-refractivity contribution in [2.45, 2.75) is 6.92 Å². The van der Waals surface area contributed by atoms with Crippen LogP contribution in [0.2, 0.25) is 0 Å². The molecule has 5 heteroatoms.